The van der Waals surface area contributed by atoms with E-state index < -0.39 is 10.0 Å². The van der Waals surface area contributed by atoms with Crippen molar-refractivity contribution in [2.45, 2.75) is 32.6 Å². The van der Waals surface area contributed by atoms with Gasteiger partial charge in [0.05, 0.1) is 12.3 Å². The Morgan fingerprint density at radius 2 is 1.91 bits per heavy atom. The molecule has 0 radical (unpaired) electrons. The normalized spacial score (nSPS) is 12.2. The van der Waals surface area contributed by atoms with E-state index in [1.165, 1.54) is 7.05 Å². The average molecular weight is 326 g/mol. The Hall–Kier alpha value is -1.60. The van der Waals surface area contributed by atoms with Crippen LogP contribution in [-0.4, -0.2) is 34.5 Å². The number of guanidine groups is 1. The van der Waals surface area contributed by atoms with E-state index in [4.69, 9.17) is 0 Å². The molecular weight excluding hydrogens is 300 g/mol. The van der Waals surface area contributed by atoms with E-state index in [9.17, 15) is 8.42 Å². The summed E-state index contributed by atoms with van der Waals surface area (Å²) < 4.78 is 25.5. The molecule has 6 nitrogen and oxygen atoms in total. The van der Waals surface area contributed by atoms with Gasteiger partial charge in [0.15, 0.2) is 5.96 Å². The third-order valence-electron chi connectivity index (χ3n) is 2.97. The molecule has 0 saturated carbocycles. The van der Waals surface area contributed by atoms with E-state index in [2.05, 4.69) is 27.3 Å². The van der Waals surface area contributed by atoms with Crippen molar-refractivity contribution in [3.05, 3.63) is 35.4 Å². The van der Waals surface area contributed by atoms with Gasteiger partial charge in [0.1, 0.15) is 0 Å². The van der Waals surface area contributed by atoms with Crippen molar-refractivity contribution >= 4 is 16.0 Å². The maximum atomic E-state index is 11.6. The van der Waals surface area contributed by atoms with Crippen LogP contribution in [0.4, 0.5) is 0 Å². The van der Waals surface area contributed by atoms with Crippen LogP contribution in [0.15, 0.2) is 29.3 Å². The van der Waals surface area contributed by atoms with Gasteiger partial charge >= 0.3 is 0 Å². The highest BCUT2D eigenvalue weighted by molar-refractivity contribution is 7.88. The highest BCUT2D eigenvalue weighted by atomic mass is 32.2. The molecule has 0 atom stereocenters. The van der Waals surface area contributed by atoms with Crippen LogP contribution >= 0.6 is 0 Å². The average Bonchev–Trinajstić information content (AvgIpc) is 2.50. The topological polar surface area (TPSA) is 82.6 Å². The van der Waals surface area contributed by atoms with E-state index in [1.54, 1.807) is 0 Å². The Bertz CT molecular complexity index is 585. The van der Waals surface area contributed by atoms with Crippen LogP contribution in [0, 0.1) is 0 Å². The van der Waals surface area contributed by atoms with Crippen LogP contribution in [0.5, 0.6) is 0 Å². The summed E-state index contributed by atoms with van der Waals surface area (Å²) in [7, 11) is -1.83. The molecule has 22 heavy (non-hydrogen) atoms. The van der Waals surface area contributed by atoms with Gasteiger partial charge in [-0.15, -0.1) is 0 Å². The molecule has 124 valence electrons. The van der Waals surface area contributed by atoms with E-state index in [1.807, 2.05) is 31.2 Å². The third-order valence-corrected chi connectivity index (χ3v) is 4.30. The van der Waals surface area contributed by atoms with Gasteiger partial charge in [-0.3, -0.25) is 0 Å². The molecule has 0 bridgehead atoms. The summed E-state index contributed by atoms with van der Waals surface area (Å²) in [4.78, 5) is 4.51. The molecule has 0 unspecified atom stereocenters. The summed E-state index contributed by atoms with van der Waals surface area (Å²) in [6.07, 6.45) is 1.03. The van der Waals surface area contributed by atoms with Crippen LogP contribution in [0.1, 0.15) is 31.4 Å². The molecule has 0 aliphatic rings. The summed E-state index contributed by atoms with van der Waals surface area (Å²) in [6.45, 7) is 6.30. The molecule has 0 saturated heterocycles. The first-order valence-corrected chi connectivity index (χ1v) is 9.17. The van der Waals surface area contributed by atoms with Gasteiger partial charge in [-0.25, -0.2) is 18.1 Å². The fraction of sp³-hybridized carbons (Fsp3) is 0.533. The highest BCUT2D eigenvalue weighted by Crippen LogP contribution is 2.09. The van der Waals surface area contributed by atoms with Gasteiger partial charge < -0.3 is 10.6 Å². The zero-order chi connectivity index (χ0) is 16.4. The molecular formula is C15H26N4O2S. The lowest BCUT2D eigenvalue weighted by Gasteiger charge is -2.10. The summed E-state index contributed by atoms with van der Waals surface area (Å²) >= 11 is 0. The molecule has 0 amide bonds. The molecule has 1 aromatic carbocycles. The molecule has 7 heteroatoms. The van der Waals surface area contributed by atoms with Crippen LogP contribution < -0.4 is 15.4 Å². The fourth-order valence-corrected chi connectivity index (χ4v) is 2.63. The smallest absolute Gasteiger partial charge is 0.215 e. The largest absolute Gasteiger partial charge is 0.357 e. The van der Waals surface area contributed by atoms with Gasteiger partial charge in [-0.1, -0.05) is 31.2 Å². The minimum Gasteiger partial charge on any atom is -0.357 e. The Morgan fingerprint density at radius 1 is 1.18 bits per heavy atom. The van der Waals surface area contributed by atoms with Crippen molar-refractivity contribution in [1.29, 1.82) is 0 Å². The van der Waals surface area contributed by atoms with Gasteiger partial charge in [0.25, 0.3) is 0 Å². The van der Waals surface area contributed by atoms with Crippen molar-refractivity contribution in [3.8, 4) is 0 Å². The number of sulfonamides is 1. The zero-order valence-corrected chi connectivity index (χ0v) is 14.3. The van der Waals surface area contributed by atoms with Crippen molar-refractivity contribution in [2.75, 3.05) is 20.1 Å². The second-order valence-corrected chi connectivity index (χ2v) is 6.83. The summed E-state index contributed by atoms with van der Waals surface area (Å²) in [5.41, 5.74) is 1.74. The van der Waals surface area contributed by atoms with Crippen LogP contribution in [0.25, 0.3) is 0 Å². The van der Waals surface area contributed by atoms with Gasteiger partial charge in [0.2, 0.25) is 10.0 Å². The quantitative estimate of drug-likeness (QED) is 0.495. The fourth-order valence-electron chi connectivity index (χ4n) is 1.86. The standard InChI is InChI=1S/C15H26N4O2S/c1-4-9-18-15(17-5-2)19-11-13-7-6-8-14(10-13)12-22(20,21)16-3/h6-8,10,16H,4-5,9,11-12H2,1-3H3,(H2,17,18,19). The van der Waals surface area contributed by atoms with E-state index in [-0.39, 0.29) is 5.75 Å². The van der Waals surface area contributed by atoms with E-state index >= 15 is 0 Å². The monoisotopic (exact) mass is 326 g/mol. The number of hydrogen-bond donors (Lipinski definition) is 3. The molecule has 0 aliphatic heterocycles. The summed E-state index contributed by atoms with van der Waals surface area (Å²) in [5, 5.41) is 6.42. The zero-order valence-electron chi connectivity index (χ0n) is 13.5. The first kappa shape index (κ1) is 18.4. The Balaban J connectivity index is 2.76. The molecule has 3 N–H and O–H groups in total. The molecule has 1 aromatic rings. The Kier molecular flexibility index (Phi) is 7.90. The van der Waals surface area contributed by atoms with Gasteiger partial charge in [-0.2, -0.15) is 0 Å². The lowest BCUT2D eigenvalue weighted by molar-refractivity contribution is 0.587. The molecule has 0 spiro atoms. The predicted molar refractivity (Wildman–Crippen MR) is 91.2 cm³/mol. The highest BCUT2D eigenvalue weighted by Gasteiger charge is 2.08. The SMILES string of the molecule is CCCNC(=NCc1cccc(CS(=O)(=O)NC)c1)NCC. The lowest BCUT2D eigenvalue weighted by atomic mass is 10.1. The maximum absolute atomic E-state index is 11.6. The molecule has 0 fully saturated rings. The second-order valence-electron chi connectivity index (χ2n) is 4.91. The number of rotatable bonds is 8. The lowest BCUT2D eigenvalue weighted by Crippen LogP contribution is -2.37. The van der Waals surface area contributed by atoms with E-state index in [0.717, 1.165) is 36.6 Å². The molecule has 0 heterocycles. The minimum atomic E-state index is -3.25. The predicted octanol–water partition coefficient (Wildman–Crippen LogP) is 1.20. The van der Waals surface area contributed by atoms with Crippen LogP contribution in [0.3, 0.4) is 0 Å². The van der Waals surface area contributed by atoms with Crippen molar-refractivity contribution in [1.82, 2.24) is 15.4 Å². The summed E-state index contributed by atoms with van der Waals surface area (Å²) in [6, 6.07) is 7.49. The molecule has 0 aliphatic carbocycles. The number of benzene rings is 1. The number of nitrogens with one attached hydrogen (secondary N) is 3. The Morgan fingerprint density at radius 3 is 2.55 bits per heavy atom. The first-order valence-electron chi connectivity index (χ1n) is 7.52. The van der Waals surface area contributed by atoms with Crippen LogP contribution in [-0.2, 0) is 22.3 Å². The van der Waals surface area contributed by atoms with Gasteiger partial charge in [0, 0.05) is 13.1 Å². The Labute approximate surface area is 133 Å². The van der Waals surface area contributed by atoms with Gasteiger partial charge in [-0.05, 0) is 31.5 Å². The first-order chi connectivity index (χ1) is 10.5. The summed E-state index contributed by atoms with van der Waals surface area (Å²) in [5.74, 6) is 0.757. The second kappa shape index (κ2) is 9.42. The third kappa shape index (κ3) is 6.91. The van der Waals surface area contributed by atoms with Crippen molar-refractivity contribution < 1.29 is 8.42 Å². The van der Waals surface area contributed by atoms with Crippen molar-refractivity contribution in [2.24, 2.45) is 4.99 Å². The number of hydrogen-bond acceptors (Lipinski definition) is 3. The number of nitrogens with zero attached hydrogens (tertiary/aromatic N) is 1. The number of aliphatic imine (C=N–C) groups is 1. The van der Waals surface area contributed by atoms with Crippen molar-refractivity contribution in [3.63, 3.8) is 0 Å². The maximum Gasteiger partial charge on any atom is 0.215 e. The minimum absolute atomic E-state index is 0.0186. The molecule has 0 aromatic heterocycles. The van der Waals surface area contributed by atoms with E-state index in [0.29, 0.717) is 6.54 Å². The molecule has 1 rings (SSSR count). The van der Waals surface area contributed by atoms with Crippen LogP contribution in [0.2, 0.25) is 0 Å².